The first-order valence-corrected chi connectivity index (χ1v) is 7.93. The van der Waals surface area contributed by atoms with Gasteiger partial charge in [0.05, 0.1) is 0 Å². The highest BCUT2D eigenvalue weighted by Crippen LogP contribution is 2.14. The number of aromatic nitrogens is 2. The molecular formula is C16H22BrN3. The molecule has 0 saturated carbocycles. The van der Waals surface area contributed by atoms with Gasteiger partial charge in [-0.1, -0.05) is 35.0 Å². The maximum atomic E-state index is 4.23. The highest BCUT2D eigenvalue weighted by Gasteiger charge is 2.10. The molecule has 0 amide bonds. The average molecular weight is 336 g/mol. The molecule has 0 aliphatic rings. The summed E-state index contributed by atoms with van der Waals surface area (Å²) in [5.41, 5.74) is 2.67. The summed E-state index contributed by atoms with van der Waals surface area (Å²) in [5.74, 6) is 0. The average Bonchev–Trinajstić information content (AvgIpc) is 2.84. The Morgan fingerprint density at radius 2 is 2.00 bits per heavy atom. The van der Waals surface area contributed by atoms with Gasteiger partial charge in [0.1, 0.15) is 0 Å². The minimum Gasteiger partial charge on any atom is -0.314 e. The van der Waals surface area contributed by atoms with E-state index in [-0.39, 0.29) is 0 Å². The number of halogens is 1. The normalized spacial score (nSPS) is 12.6. The summed E-state index contributed by atoms with van der Waals surface area (Å²) in [7, 11) is 2.01. The molecule has 0 aliphatic heterocycles. The minimum atomic E-state index is 0.510. The van der Waals surface area contributed by atoms with Crippen LogP contribution in [0.25, 0.3) is 0 Å². The molecule has 1 N–H and O–H groups in total. The van der Waals surface area contributed by atoms with Crippen molar-refractivity contribution in [1.29, 1.82) is 0 Å². The fourth-order valence-corrected chi connectivity index (χ4v) is 2.70. The van der Waals surface area contributed by atoms with E-state index in [2.05, 4.69) is 63.6 Å². The molecule has 0 aliphatic carbocycles. The van der Waals surface area contributed by atoms with Crippen molar-refractivity contribution in [3.8, 4) is 0 Å². The van der Waals surface area contributed by atoms with Crippen molar-refractivity contribution in [3.05, 3.63) is 52.3 Å². The molecule has 1 aromatic carbocycles. The molecule has 2 rings (SSSR count). The number of nitrogens with one attached hydrogen (secondary N) is 1. The highest BCUT2D eigenvalue weighted by molar-refractivity contribution is 9.10. The molecule has 0 spiro atoms. The quantitative estimate of drug-likeness (QED) is 0.840. The Hall–Kier alpha value is -1.13. The lowest BCUT2D eigenvalue weighted by molar-refractivity contribution is 0.484. The van der Waals surface area contributed by atoms with E-state index in [1.807, 2.05) is 17.9 Å². The monoisotopic (exact) mass is 335 g/mol. The summed E-state index contributed by atoms with van der Waals surface area (Å²) in [6, 6.07) is 11.2. The van der Waals surface area contributed by atoms with Gasteiger partial charge in [-0.05, 0) is 49.6 Å². The lowest BCUT2D eigenvalue weighted by Crippen LogP contribution is -2.31. The lowest BCUT2D eigenvalue weighted by atomic mass is 10.0. The molecule has 108 valence electrons. The zero-order valence-corrected chi connectivity index (χ0v) is 13.7. The van der Waals surface area contributed by atoms with Gasteiger partial charge in [0.15, 0.2) is 0 Å². The van der Waals surface area contributed by atoms with Crippen LogP contribution in [0.1, 0.15) is 24.6 Å². The lowest BCUT2D eigenvalue weighted by Gasteiger charge is -2.18. The molecule has 0 bridgehead atoms. The number of likely N-dealkylation sites (N-methyl/N-ethyl adjacent to an activating group) is 1. The van der Waals surface area contributed by atoms with Crippen LogP contribution in [-0.2, 0) is 19.9 Å². The van der Waals surface area contributed by atoms with Gasteiger partial charge in [0.25, 0.3) is 0 Å². The summed E-state index contributed by atoms with van der Waals surface area (Å²) in [5, 5.41) is 7.81. The van der Waals surface area contributed by atoms with Crippen LogP contribution in [0, 0.1) is 0 Å². The van der Waals surface area contributed by atoms with E-state index >= 15 is 0 Å². The van der Waals surface area contributed by atoms with Crippen molar-refractivity contribution in [2.75, 3.05) is 6.54 Å². The molecular weight excluding hydrogens is 314 g/mol. The number of hydrogen-bond donors (Lipinski definition) is 1. The maximum absolute atomic E-state index is 4.23. The van der Waals surface area contributed by atoms with Crippen LogP contribution in [-0.4, -0.2) is 22.4 Å². The van der Waals surface area contributed by atoms with Crippen LogP contribution in [0.5, 0.6) is 0 Å². The molecule has 0 radical (unpaired) electrons. The Morgan fingerprint density at radius 3 is 2.60 bits per heavy atom. The van der Waals surface area contributed by atoms with E-state index < -0.39 is 0 Å². The van der Waals surface area contributed by atoms with Crippen LogP contribution in [0.3, 0.4) is 0 Å². The van der Waals surface area contributed by atoms with E-state index in [4.69, 9.17) is 0 Å². The highest BCUT2D eigenvalue weighted by atomic mass is 79.9. The number of hydrogen-bond acceptors (Lipinski definition) is 2. The van der Waals surface area contributed by atoms with E-state index in [0.717, 1.165) is 30.3 Å². The molecule has 2 aromatic rings. The number of nitrogens with zero attached hydrogens (tertiary/aromatic N) is 2. The van der Waals surface area contributed by atoms with Gasteiger partial charge < -0.3 is 5.32 Å². The molecule has 3 nitrogen and oxygen atoms in total. The summed E-state index contributed by atoms with van der Waals surface area (Å²) < 4.78 is 3.10. The molecule has 1 unspecified atom stereocenters. The maximum Gasteiger partial charge on any atom is 0.0492 e. The van der Waals surface area contributed by atoms with Crippen molar-refractivity contribution < 1.29 is 0 Å². The third-order valence-electron chi connectivity index (χ3n) is 3.56. The summed E-state index contributed by atoms with van der Waals surface area (Å²) >= 11 is 3.48. The molecule has 0 saturated heterocycles. The van der Waals surface area contributed by atoms with E-state index in [9.17, 15) is 0 Å². The van der Waals surface area contributed by atoms with Gasteiger partial charge in [-0.2, -0.15) is 5.10 Å². The van der Waals surface area contributed by atoms with Gasteiger partial charge in [0.2, 0.25) is 0 Å². The first-order valence-electron chi connectivity index (χ1n) is 7.13. The van der Waals surface area contributed by atoms with Gasteiger partial charge >= 0.3 is 0 Å². The van der Waals surface area contributed by atoms with Crippen LogP contribution in [0.4, 0.5) is 0 Å². The third kappa shape index (κ3) is 4.46. The zero-order valence-electron chi connectivity index (χ0n) is 12.1. The van der Waals surface area contributed by atoms with Crippen molar-refractivity contribution in [1.82, 2.24) is 15.1 Å². The molecule has 20 heavy (non-hydrogen) atoms. The largest absolute Gasteiger partial charge is 0.314 e. The summed E-state index contributed by atoms with van der Waals surface area (Å²) in [6.45, 7) is 3.17. The second-order valence-corrected chi connectivity index (χ2v) is 5.99. The number of benzene rings is 1. The molecule has 1 aromatic heterocycles. The van der Waals surface area contributed by atoms with Crippen molar-refractivity contribution in [3.63, 3.8) is 0 Å². The van der Waals surface area contributed by atoms with Crippen molar-refractivity contribution in [2.24, 2.45) is 7.05 Å². The van der Waals surface area contributed by atoms with Crippen LogP contribution in [0.15, 0.2) is 41.0 Å². The summed E-state index contributed by atoms with van der Waals surface area (Å²) in [4.78, 5) is 0. The first kappa shape index (κ1) is 15.3. The number of rotatable bonds is 7. The van der Waals surface area contributed by atoms with Gasteiger partial charge in [-0.15, -0.1) is 0 Å². The molecule has 0 fully saturated rings. The summed E-state index contributed by atoms with van der Waals surface area (Å²) in [6.07, 6.45) is 5.12. The standard InChI is InChI=1S/C16H22BrN3/c1-3-18-15(8-9-16-10-11-19-20(16)2)12-13-4-6-14(17)7-5-13/h4-7,10-11,15,18H,3,8-9,12H2,1-2H3. The van der Waals surface area contributed by atoms with E-state index in [0.29, 0.717) is 6.04 Å². The SMILES string of the molecule is CCNC(CCc1ccnn1C)Cc1ccc(Br)cc1. The fraction of sp³-hybridized carbons (Fsp3) is 0.438. The van der Waals surface area contributed by atoms with Crippen molar-refractivity contribution in [2.45, 2.75) is 32.2 Å². The molecule has 4 heteroatoms. The van der Waals surface area contributed by atoms with Gasteiger partial charge in [0, 0.05) is 29.5 Å². The third-order valence-corrected chi connectivity index (χ3v) is 4.09. The Labute approximate surface area is 129 Å². The molecule has 1 heterocycles. The molecule has 1 atom stereocenters. The predicted octanol–water partition coefficient (Wildman–Crippen LogP) is 3.34. The van der Waals surface area contributed by atoms with Crippen molar-refractivity contribution >= 4 is 15.9 Å². The Morgan fingerprint density at radius 1 is 1.25 bits per heavy atom. The predicted molar refractivity (Wildman–Crippen MR) is 86.8 cm³/mol. The fourth-order valence-electron chi connectivity index (χ4n) is 2.44. The van der Waals surface area contributed by atoms with Gasteiger partial charge in [-0.25, -0.2) is 0 Å². The van der Waals surface area contributed by atoms with Crippen LogP contribution in [0.2, 0.25) is 0 Å². The van der Waals surface area contributed by atoms with Crippen LogP contribution >= 0.6 is 15.9 Å². The minimum absolute atomic E-state index is 0.510. The smallest absolute Gasteiger partial charge is 0.0492 e. The topological polar surface area (TPSA) is 29.9 Å². The van der Waals surface area contributed by atoms with E-state index in [1.54, 1.807) is 0 Å². The van der Waals surface area contributed by atoms with Crippen LogP contribution < -0.4 is 5.32 Å². The second-order valence-electron chi connectivity index (χ2n) is 5.07. The second kappa shape index (κ2) is 7.60. The first-order chi connectivity index (χ1) is 9.69. The Balaban J connectivity index is 1.93. The number of aryl methyl sites for hydroxylation is 2. The van der Waals surface area contributed by atoms with E-state index in [1.165, 1.54) is 11.3 Å². The Kier molecular flexibility index (Phi) is 5.80. The Bertz CT molecular complexity index is 519. The zero-order chi connectivity index (χ0) is 14.4. The van der Waals surface area contributed by atoms with Gasteiger partial charge in [-0.3, -0.25) is 4.68 Å².